The Morgan fingerprint density at radius 3 is 2.74 bits per heavy atom. The molecule has 0 saturated heterocycles. The topological polar surface area (TPSA) is 38.0 Å². The van der Waals surface area contributed by atoms with Crippen molar-refractivity contribution in [2.24, 2.45) is 5.10 Å². The fourth-order valence-electron chi connectivity index (χ4n) is 3.68. The Kier molecular flexibility index (Phi) is 4.02. The third-order valence-electron chi connectivity index (χ3n) is 4.95. The number of ether oxygens (including phenoxy) is 1. The quantitative estimate of drug-likeness (QED) is 0.470. The highest BCUT2D eigenvalue weighted by Gasteiger charge is 2.42. The summed E-state index contributed by atoms with van der Waals surface area (Å²) in [6.07, 6.45) is 0.367. The summed E-state index contributed by atoms with van der Waals surface area (Å²) in [6.45, 7) is 1.94. The van der Waals surface area contributed by atoms with E-state index in [1.165, 1.54) is 0 Å². The summed E-state index contributed by atoms with van der Waals surface area (Å²) in [7, 11) is 0. The van der Waals surface area contributed by atoms with E-state index >= 15 is 0 Å². The van der Waals surface area contributed by atoms with Crippen molar-refractivity contribution in [3.63, 3.8) is 0 Å². The first-order chi connectivity index (χ1) is 13.1. The van der Waals surface area contributed by atoms with Crippen LogP contribution in [0, 0.1) is 6.92 Å². The molecule has 27 heavy (non-hydrogen) atoms. The average Bonchev–Trinajstić information content (AvgIpc) is 3.28. The van der Waals surface area contributed by atoms with Gasteiger partial charge in [0.1, 0.15) is 23.0 Å². The number of rotatable bonds is 2. The van der Waals surface area contributed by atoms with Crippen molar-refractivity contribution in [3.05, 3.63) is 86.7 Å². The number of aryl methyl sites for hydroxylation is 1. The van der Waals surface area contributed by atoms with E-state index in [0.29, 0.717) is 5.02 Å². The molecule has 1 aromatic heterocycles. The normalized spacial score (nSPS) is 20.7. The van der Waals surface area contributed by atoms with E-state index in [1.54, 1.807) is 0 Å². The number of hydrogen-bond acceptors (Lipinski definition) is 4. The molecular weight excluding hydrogens is 428 g/mol. The highest BCUT2D eigenvalue weighted by molar-refractivity contribution is 9.10. The maximum absolute atomic E-state index is 6.48. The van der Waals surface area contributed by atoms with Gasteiger partial charge in [0.2, 0.25) is 6.23 Å². The molecule has 0 unspecified atom stereocenters. The van der Waals surface area contributed by atoms with E-state index in [9.17, 15) is 0 Å². The fraction of sp³-hybridized carbons (Fsp3) is 0.190. The minimum absolute atomic E-state index is 0.0629. The number of hydrazone groups is 1. The molecule has 3 heterocycles. The van der Waals surface area contributed by atoms with Crippen LogP contribution in [0.3, 0.4) is 0 Å². The first-order valence-electron chi connectivity index (χ1n) is 8.73. The van der Waals surface area contributed by atoms with Crippen LogP contribution in [-0.4, -0.2) is 10.7 Å². The Morgan fingerprint density at radius 2 is 1.96 bits per heavy atom. The minimum atomic E-state index is -0.383. The Bertz CT molecular complexity index is 1060. The van der Waals surface area contributed by atoms with Crippen LogP contribution in [0.4, 0.5) is 0 Å². The second-order valence-electron chi connectivity index (χ2n) is 6.73. The van der Waals surface area contributed by atoms with Gasteiger partial charge >= 0.3 is 0 Å². The third kappa shape index (κ3) is 2.86. The summed E-state index contributed by atoms with van der Waals surface area (Å²) in [5.41, 5.74) is 2.93. The van der Waals surface area contributed by atoms with Gasteiger partial charge in [-0.05, 0) is 43.3 Å². The number of fused-ring (bicyclic) bond motifs is 3. The standard InChI is InChI=1S/C21H16BrClN2O2/c1-12-6-8-20(26-12)17-11-18-15-10-13(22)7-9-19(15)27-21(25(18)24-17)14-4-2-3-5-16(14)23/h2-10,18,21H,11H2,1H3/t18-,21-/m1/s1. The third-order valence-corrected chi connectivity index (χ3v) is 5.79. The largest absolute Gasteiger partial charge is 0.464 e. The molecule has 2 aromatic carbocycles. The molecule has 6 heteroatoms. The Labute approximate surface area is 170 Å². The van der Waals surface area contributed by atoms with Gasteiger partial charge in [0, 0.05) is 27.0 Å². The molecule has 0 aliphatic carbocycles. The smallest absolute Gasteiger partial charge is 0.215 e. The molecule has 136 valence electrons. The van der Waals surface area contributed by atoms with Crippen LogP contribution in [0.1, 0.15) is 41.3 Å². The summed E-state index contributed by atoms with van der Waals surface area (Å²) in [5, 5.41) is 7.55. The lowest BCUT2D eigenvalue weighted by molar-refractivity contribution is -0.0190. The number of furan rings is 1. The highest BCUT2D eigenvalue weighted by Crippen LogP contribution is 2.49. The highest BCUT2D eigenvalue weighted by atomic mass is 79.9. The van der Waals surface area contributed by atoms with Crippen molar-refractivity contribution < 1.29 is 9.15 Å². The molecule has 0 fully saturated rings. The van der Waals surface area contributed by atoms with Gasteiger partial charge in [0.25, 0.3) is 0 Å². The van der Waals surface area contributed by atoms with Crippen molar-refractivity contribution in [1.82, 2.24) is 5.01 Å². The molecule has 2 atom stereocenters. The molecule has 0 bridgehead atoms. The SMILES string of the molecule is Cc1ccc(C2=NN3[C@H](C2)c2cc(Br)ccc2O[C@@H]3c2ccccc2Cl)o1. The molecule has 0 N–H and O–H groups in total. The lowest BCUT2D eigenvalue weighted by Crippen LogP contribution is -2.33. The summed E-state index contributed by atoms with van der Waals surface area (Å²) >= 11 is 10.0. The van der Waals surface area contributed by atoms with E-state index in [0.717, 1.165) is 45.0 Å². The first kappa shape index (κ1) is 16.9. The molecule has 0 spiro atoms. The van der Waals surface area contributed by atoms with Gasteiger partial charge in [-0.25, -0.2) is 5.01 Å². The Morgan fingerprint density at radius 1 is 1.11 bits per heavy atom. The van der Waals surface area contributed by atoms with E-state index in [1.807, 2.05) is 60.5 Å². The number of halogens is 2. The summed E-state index contributed by atoms with van der Waals surface area (Å²) < 4.78 is 13.2. The van der Waals surface area contributed by atoms with Crippen molar-refractivity contribution in [3.8, 4) is 5.75 Å². The number of hydrogen-bond donors (Lipinski definition) is 0. The zero-order valence-electron chi connectivity index (χ0n) is 14.5. The van der Waals surface area contributed by atoms with Crippen LogP contribution in [0.25, 0.3) is 0 Å². The van der Waals surface area contributed by atoms with E-state index < -0.39 is 0 Å². The van der Waals surface area contributed by atoms with Gasteiger partial charge in [-0.2, -0.15) is 5.10 Å². The van der Waals surface area contributed by atoms with E-state index in [2.05, 4.69) is 22.0 Å². The lowest BCUT2D eigenvalue weighted by atomic mass is 9.97. The van der Waals surface area contributed by atoms with Crippen molar-refractivity contribution >= 4 is 33.2 Å². The second-order valence-corrected chi connectivity index (χ2v) is 8.05. The maximum atomic E-state index is 6.48. The Hall–Kier alpha value is -2.24. The summed E-state index contributed by atoms with van der Waals surface area (Å²) in [6, 6.07) is 17.8. The van der Waals surface area contributed by atoms with Gasteiger partial charge in [0.15, 0.2) is 0 Å². The number of nitrogens with zero attached hydrogens (tertiary/aromatic N) is 2. The van der Waals surface area contributed by atoms with E-state index in [-0.39, 0.29) is 12.3 Å². The predicted molar refractivity (Wildman–Crippen MR) is 108 cm³/mol. The lowest BCUT2D eigenvalue weighted by Gasteiger charge is -2.38. The van der Waals surface area contributed by atoms with Gasteiger partial charge < -0.3 is 9.15 Å². The van der Waals surface area contributed by atoms with Crippen LogP contribution in [0.15, 0.2) is 68.6 Å². The molecule has 0 radical (unpaired) electrons. The molecule has 5 rings (SSSR count). The van der Waals surface area contributed by atoms with Crippen molar-refractivity contribution in [2.45, 2.75) is 25.6 Å². The molecule has 2 aliphatic rings. The van der Waals surface area contributed by atoms with Gasteiger partial charge in [0.05, 0.1) is 6.04 Å². The summed E-state index contributed by atoms with van der Waals surface area (Å²) in [5.74, 6) is 2.53. The van der Waals surface area contributed by atoms with Gasteiger partial charge in [-0.15, -0.1) is 0 Å². The van der Waals surface area contributed by atoms with Crippen LogP contribution < -0.4 is 4.74 Å². The second kappa shape index (κ2) is 6.43. The zero-order chi connectivity index (χ0) is 18.5. The summed E-state index contributed by atoms with van der Waals surface area (Å²) in [4.78, 5) is 0. The molecule has 0 amide bonds. The molecular formula is C21H16BrClN2O2. The fourth-order valence-corrected chi connectivity index (χ4v) is 4.28. The molecule has 0 saturated carbocycles. The Balaban J connectivity index is 1.63. The van der Waals surface area contributed by atoms with Gasteiger partial charge in [-0.1, -0.05) is 45.7 Å². The van der Waals surface area contributed by atoms with Crippen molar-refractivity contribution in [1.29, 1.82) is 0 Å². The minimum Gasteiger partial charge on any atom is -0.464 e. The average molecular weight is 444 g/mol. The van der Waals surface area contributed by atoms with Crippen LogP contribution in [0.5, 0.6) is 5.75 Å². The number of benzene rings is 2. The van der Waals surface area contributed by atoms with Crippen molar-refractivity contribution in [2.75, 3.05) is 0 Å². The van der Waals surface area contributed by atoms with Crippen LogP contribution in [0.2, 0.25) is 5.02 Å². The maximum Gasteiger partial charge on any atom is 0.215 e. The molecule has 4 nitrogen and oxygen atoms in total. The van der Waals surface area contributed by atoms with Gasteiger partial charge in [-0.3, -0.25) is 0 Å². The van der Waals surface area contributed by atoms with Crippen LogP contribution in [-0.2, 0) is 0 Å². The van der Waals surface area contributed by atoms with E-state index in [4.69, 9.17) is 25.9 Å². The monoisotopic (exact) mass is 442 g/mol. The van der Waals surface area contributed by atoms with Crippen LogP contribution >= 0.6 is 27.5 Å². The first-order valence-corrected chi connectivity index (χ1v) is 9.90. The molecule has 3 aromatic rings. The zero-order valence-corrected chi connectivity index (χ0v) is 16.9. The molecule has 2 aliphatic heterocycles. The predicted octanol–water partition coefficient (Wildman–Crippen LogP) is 6.25.